The van der Waals surface area contributed by atoms with Gasteiger partial charge in [0.1, 0.15) is 0 Å². The Morgan fingerprint density at radius 1 is 1.30 bits per heavy atom. The van der Waals surface area contributed by atoms with Gasteiger partial charge in [-0.05, 0) is 36.8 Å². The predicted octanol–water partition coefficient (Wildman–Crippen LogP) is 1.38. The number of fused-ring (bicyclic) bond motifs is 1. The van der Waals surface area contributed by atoms with Crippen molar-refractivity contribution in [1.29, 1.82) is 0 Å². The van der Waals surface area contributed by atoms with E-state index in [-0.39, 0.29) is 18.0 Å². The van der Waals surface area contributed by atoms with E-state index < -0.39 is 0 Å². The molecule has 1 aliphatic heterocycles. The lowest BCUT2D eigenvalue weighted by Crippen LogP contribution is -2.50. The van der Waals surface area contributed by atoms with Crippen molar-refractivity contribution in [1.82, 2.24) is 10.6 Å². The quantitative estimate of drug-likeness (QED) is 0.875. The Morgan fingerprint density at radius 2 is 2.10 bits per heavy atom. The van der Waals surface area contributed by atoms with Gasteiger partial charge in [-0.1, -0.05) is 24.3 Å². The van der Waals surface area contributed by atoms with E-state index in [0.717, 1.165) is 32.2 Å². The zero-order valence-corrected chi connectivity index (χ0v) is 11.9. The molecule has 2 N–H and O–H groups in total. The maximum atomic E-state index is 12.3. The first-order valence-electron chi connectivity index (χ1n) is 7.39. The Kier molecular flexibility index (Phi) is 4.03. The van der Waals surface area contributed by atoms with Crippen LogP contribution in [0.4, 0.5) is 0 Å². The third-order valence-corrected chi connectivity index (χ3v) is 4.46. The Hall–Kier alpha value is -1.39. The zero-order valence-electron chi connectivity index (χ0n) is 11.9. The van der Waals surface area contributed by atoms with Crippen LogP contribution in [0.25, 0.3) is 0 Å². The Morgan fingerprint density at radius 3 is 2.85 bits per heavy atom. The molecule has 1 saturated carbocycles. The van der Waals surface area contributed by atoms with E-state index in [1.54, 1.807) is 7.11 Å². The molecule has 2 aliphatic rings. The van der Waals surface area contributed by atoms with E-state index in [0.29, 0.717) is 6.10 Å². The second-order valence-electron chi connectivity index (χ2n) is 5.78. The number of rotatable bonds is 3. The Labute approximate surface area is 119 Å². The predicted molar refractivity (Wildman–Crippen MR) is 77.4 cm³/mol. The van der Waals surface area contributed by atoms with Crippen LogP contribution in [0, 0.1) is 0 Å². The van der Waals surface area contributed by atoms with E-state index in [1.807, 2.05) is 12.1 Å². The molecule has 0 aromatic heterocycles. The van der Waals surface area contributed by atoms with Gasteiger partial charge in [0.2, 0.25) is 5.91 Å². The molecule has 0 saturated heterocycles. The highest BCUT2D eigenvalue weighted by Crippen LogP contribution is 2.22. The summed E-state index contributed by atoms with van der Waals surface area (Å²) < 4.78 is 5.35. The summed E-state index contributed by atoms with van der Waals surface area (Å²) in [6.07, 6.45) is 4.09. The Balaban J connectivity index is 1.57. The van der Waals surface area contributed by atoms with Crippen LogP contribution in [0.2, 0.25) is 0 Å². The van der Waals surface area contributed by atoms with E-state index in [2.05, 4.69) is 22.8 Å². The molecule has 2 unspecified atom stereocenters. The van der Waals surface area contributed by atoms with Crippen LogP contribution in [-0.4, -0.2) is 31.2 Å². The normalized spacial score (nSPS) is 28.9. The fourth-order valence-electron chi connectivity index (χ4n) is 3.23. The third kappa shape index (κ3) is 2.86. The molecular weight excluding hydrogens is 252 g/mol. The molecule has 0 radical (unpaired) electrons. The lowest BCUT2D eigenvalue weighted by molar-refractivity contribution is -0.124. The molecule has 0 spiro atoms. The van der Waals surface area contributed by atoms with Gasteiger partial charge in [0.05, 0.1) is 12.1 Å². The van der Waals surface area contributed by atoms with E-state index in [4.69, 9.17) is 4.74 Å². The van der Waals surface area contributed by atoms with Crippen molar-refractivity contribution in [3.8, 4) is 0 Å². The van der Waals surface area contributed by atoms with Gasteiger partial charge in [0.25, 0.3) is 0 Å². The summed E-state index contributed by atoms with van der Waals surface area (Å²) in [6, 6.07) is 8.49. The number of ether oxygens (including phenoxy) is 1. The summed E-state index contributed by atoms with van der Waals surface area (Å²) in [4.78, 5) is 12.3. The van der Waals surface area contributed by atoms with Gasteiger partial charge in [-0.15, -0.1) is 0 Å². The highest BCUT2D eigenvalue weighted by Gasteiger charge is 2.29. The molecule has 1 fully saturated rings. The maximum absolute atomic E-state index is 12.3. The molecule has 3 atom stereocenters. The van der Waals surface area contributed by atoms with Crippen molar-refractivity contribution in [2.45, 2.75) is 50.4 Å². The van der Waals surface area contributed by atoms with Crippen molar-refractivity contribution in [2.24, 2.45) is 0 Å². The highest BCUT2D eigenvalue weighted by molar-refractivity contribution is 5.82. The molecule has 1 aliphatic carbocycles. The van der Waals surface area contributed by atoms with Crippen LogP contribution in [0.3, 0.4) is 0 Å². The number of methoxy groups -OCH3 is 1. The standard InChI is InChI=1S/C16H22N2O2/c1-20-14-7-6-13(9-14)18-16(19)15-8-11-4-2-3-5-12(11)10-17-15/h2-5,13-15,17H,6-10H2,1H3,(H,18,19)/t13?,14?,15-/m0/s1. The van der Waals surface area contributed by atoms with Crippen molar-refractivity contribution in [2.75, 3.05) is 7.11 Å². The summed E-state index contributed by atoms with van der Waals surface area (Å²) in [5.74, 6) is 0.126. The van der Waals surface area contributed by atoms with Gasteiger partial charge in [-0.2, -0.15) is 0 Å². The van der Waals surface area contributed by atoms with Crippen LogP contribution in [0.5, 0.6) is 0 Å². The SMILES string of the molecule is COC1CCC(NC(=O)[C@@H]2Cc3ccccc3CN2)C1. The molecule has 4 heteroatoms. The van der Waals surface area contributed by atoms with Crippen LogP contribution in [-0.2, 0) is 22.5 Å². The largest absolute Gasteiger partial charge is 0.381 e. The second-order valence-corrected chi connectivity index (χ2v) is 5.78. The molecule has 1 aromatic carbocycles. The van der Waals surface area contributed by atoms with Crippen LogP contribution >= 0.6 is 0 Å². The molecular formula is C16H22N2O2. The lowest BCUT2D eigenvalue weighted by atomic mass is 9.95. The van der Waals surface area contributed by atoms with Gasteiger partial charge in [0, 0.05) is 19.7 Å². The van der Waals surface area contributed by atoms with E-state index >= 15 is 0 Å². The second kappa shape index (κ2) is 5.94. The highest BCUT2D eigenvalue weighted by atomic mass is 16.5. The lowest BCUT2D eigenvalue weighted by Gasteiger charge is -2.26. The fraction of sp³-hybridized carbons (Fsp3) is 0.562. The number of benzene rings is 1. The van der Waals surface area contributed by atoms with Gasteiger partial charge >= 0.3 is 0 Å². The first-order valence-corrected chi connectivity index (χ1v) is 7.39. The summed E-state index contributed by atoms with van der Waals surface area (Å²) >= 11 is 0. The average molecular weight is 274 g/mol. The average Bonchev–Trinajstić information content (AvgIpc) is 2.94. The maximum Gasteiger partial charge on any atom is 0.237 e. The molecule has 1 aromatic rings. The monoisotopic (exact) mass is 274 g/mol. The molecule has 20 heavy (non-hydrogen) atoms. The number of carbonyl (C=O) groups is 1. The van der Waals surface area contributed by atoms with Gasteiger partial charge in [-0.3, -0.25) is 4.79 Å². The van der Waals surface area contributed by atoms with Gasteiger partial charge < -0.3 is 15.4 Å². The molecule has 4 nitrogen and oxygen atoms in total. The number of nitrogens with one attached hydrogen (secondary N) is 2. The van der Waals surface area contributed by atoms with Crippen molar-refractivity contribution < 1.29 is 9.53 Å². The summed E-state index contributed by atoms with van der Waals surface area (Å²) in [6.45, 7) is 0.777. The van der Waals surface area contributed by atoms with Crippen molar-refractivity contribution in [3.63, 3.8) is 0 Å². The number of carbonyl (C=O) groups excluding carboxylic acids is 1. The van der Waals surface area contributed by atoms with Gasteiger partial charge in [-0.25, -0.2) is 0 Å². The molecule has 0 bridgehead atoms. The molecule has 1 heterocycles. The fourth-order valence-corrected chi connectivity index (χ4v) is 3.23. The number of hydrogen-bond donors (Lipinski definition) is 2. The number of hydrogen-bond acceptors (Lipinski definition) is 3. The first kappa shape index (κ1) is 13.6. The minimum atomic E-state index is -0.105. The molecule has 3 rings (SSSR count). The molecule has 1 amide bonds. The zero-order chi connectivity index (χ0) is 13.9. The van der Waals surface area contributed by atoms with Crippen LogP contribution < -0.4 is 10.6 Å². The summed E-state index contributed by atoms with van der Waals surface area (Å²) in [7, 11) is 1.74. The smallest absolute Gasteiger partial charge is 0.237 e. The van der Waals surface area contributed by atoms with Crippen molar-refractivity contribution in [3.05, 3.63) is 35.4 Å². The third-order valence-electron chi connectivity index (χ3n) is 4.46. The van der Waals surface area contributed by atoms with E-state index in [1.165, 1.54) is 11.1 Å². The topological polar surface area (TPSA) is 50.4 Å². The van der Waals surface area contributed by atoms with Crippen molar-refractivity contribution >= 4 is 5.91 Å². The Bertz CT molecular complexity index is 489. The van der Waals surface area contributed by atoms with E-state index in [9.17, 15) is 4.79 Å². The minimum absolute atomic E-state index is 0.105. The number of amides is 1. The van der Waals surface area contributed by atoms with Crippen LogP contribution in [0.15, 0.2) is 24.3 Å². The minimum Gasteiger partial charge on any atom is -0.381 e. The van der Waals surface area contributed by atoms with Crippen LogP contribution in [0.1, 0.15) is 30.4 Å². The molecule has 108 valence electrons. The summed E-state index contributed by atoms with van der Waals surface area (Å²) in [5, 5.41) is 6.49. The summed E-state index contributed by atoms with van der Waals surface area (Å²) in [5.41, 5.74) is 2.59. The van der Waals surface area contributed by atoms with Gasteiger partial charge in [0.15, 0.2) is 0 Å². The first-order chi connectivity index (χ1) is 9.76.